The highest BCUT2D eigenvalue weighted by molar-refractivity contribution is 6.05. The standard InChI is InChI=1S/C25H18F4N4O4/c1-36-15-9-17(26)21(18(27)10-15)16-12-33(20-3-2-8-31-19(20)11-30)24(35)22(16)32-23(34)13-4-6-14(7-5-13)37-25(28)29/h2-10,16,22,25H,12H2,1H3,(H,32,34)/t16?,22-/m0/s1. The summed E-state index contributed by atoms with van der Waals surface area (Å²) in [5, 5.41) is 11.9. The highest BCUT2D eigenvalue weighted by Gasteiger charge is 2.45. The lowest BCUT2D eigenvalue weighted by Crippen LogP contribution is -2.44. The van der Waals surface area contributed by atoms with Gasteiger partial charge in [0.15, 0.2) is 5.69 Å². The molecule has 1 N–H and O–H groups in total. The van der Waals surface area contributed by atoms with Crippen molar-refractivity contribution < 1.29 is 36.6 Å². The third-order valence-corrected chi connectivity index (χ3v) is 5.78. The Kier molecular flexibility index (Phi) is 7.24. The predicted molar refractivity (Wildman–Crippen MR) is 121 cm³/mol. The van der Waals surface area contributed by atoms with Crippen molar-refractivity contribution >= 4 is 17.5 Å². The van der Waals surface area contributed by atoms with Gasteiger partial charge in [0.05, 0.1) is 12.8 Å². The molecule has 1 unspecified atom stereocenters. The maximum absolute atomic E-state index is 15.0. The number of carbonyl (C=O) groups is 2. The molecule has 3 aromatic rings. The Balaban J connectivity index is 1.71. The number of hydrogen-bond donors (Lipinski definition) is 1. The van der Waals surface area contributed by atoms with E-state index in [-0.39, 0.29) is 35.0 Å². The van der Waals surface area contributed by atoms with Crippen LogP contribution >= 0.6 is 0 Å². The number of alkyl halides is 2. The number of anilines is 1. The normalized spacial score (nSPS) is 17.0. The van der Waals surface area contributed by atoms with Gasteiger partial charge in [0, 0.05) is 41.9 Å². The molecule has 0 bridgehead atoms. The Bertz CT molecular complexity index is 1350. The number of halogens is 4. The molecule has 1 saturated heterocycles. The number of rotatable bonds is 7. The van der Waals surface area contributed by atoms with Crippen molar-refractivity contribution in [3.8, 4) is 17.6 Å². The largest absolute Gasteiger partial charge is 0.497 e. The molecule has 1 aliphatic rings. The first kappa shape index (κ1) is 25.4. The second kappa shape index (κ2) is 10.5. The van der Waals surface area contributed by atoms with Crippen LogP contribution in [0.15, 0.2) is 54.7 Å². The van der Waals surface area contributed by atoms with E-state index in [4.69, 9.17) is 4.74 Å². The molecular weight excluding hydrogens is 496 g/mol. The minimum Gasteiger partial charge on any atom is -0.497 e. The predicted octanol–water partition coefficient (Wildman–Crippen LogP) is 3.77. The molecule has 0 radical (unpaired) electrons. The van der Waals surface area contributed by atoms with Crippen LogP contribution in [0.1, 0.15) is 27.5 Å². The molecule has 2 heterocycles. The van der Waals surface area contributed by atoms with Gasteiger partial charge < -0.3 is 19.7 Å². The number of ether oxygens (including phenoxy) is 2. The number of aromatic nitrogens is 1. The fraction of sp³-hybridized carbons (Fsp3) is 0.200. The molecule has 2 atom stereocenters. The van der Waals surface area contributed by atoms with Gasteiger partial charge in [-0.25, -0.2) is 13.8 Å². The molecule has 8 nitrogen and oxygen atoms in total. The fourth-order valence-electron chi connectivity index (χ4n) is 4.12. The van der Waals surface area contributed by atoms with Gasteiger partial charge in [-0.05, 0) is 36.4 Å². The summed E-state index contributed by atoms with van der Waals surface area (Å²) in [6.07, 6.45) is 1.35. The van der Waals surface area contributed by atoms with Crippen LogP contribution in [0.25, 0.3) is 0 Å². The Morgan fingerprint density at radius 1 is 1.16 bits per heavy atom. The van der Waals surface area contributed by atoms with Crippen molar-refractivity contribution in [1.29, 1.82) is 5.26 Å². The zero-order valence-corrected chi connectivity index (χ0v) is 19.1. The highest BCUT2D eigenvalue weighted by atomic mass is 19.3. The average molecular weight is 514 g/mol. The number of nitriles is 1. The lowest BCUT2D eigenvalue weighted by molar-refractivity contribution is -0.118. The van der Waals surface area contributed by atoms with E-state index in [2.05, 4.69) is 15.0 Å². The lowest BCUT2D eigenvalue weighted by atomic mass is 9.92. The molecule has 37 heavy (non-hydrogen) atoms. The van der Waals surface area contributed by atoms with E-state index in [1.165, 1.54) is 37.6 Å². The fourth-order valence-corrected chi connectivity index (χ4v) is 4.12. The van der Waals surface area contributed by atoms with E-state index in [1.54, 1.807) is 0 Å². The topological polar surface area (TPSA) is 105 Å². The van der Waals surface area contributed by atoms with Crippen molar-refractivity contribution in [2.45, 2.75) is 18.6 Å². The van der Waals surface area contributed by atoms with E-state index in [1.807, 2.05) is 6.07 Å². The minimum atomic E-state index is -3.05. The van der Waals surface area contributed by atoms with Crippen molar-refractivity contribution in [3.63, 3.8) is 0 Å². The van der Waals surface area contributed by atoms with Gasteiger partial charge in [-0.3, -0.25) is 9.59 Å². The second-order valence-corrected chi connectivity index (χ2v) is 7.90. The number of nitrogens with one attached hydrogen (secondary N) is 1. The van der Waals surface area contributed by atoms with Crippen LogP contribution in [0, 0.1) is 23.0 Å². The van der Waals surface area contributed by atoms with Crippen LogP contribution in [0.5, 0.6) is 11.5 Å². The van der Waals surface area contributed by atoms with Gasteiger partial charge in [-0.15, -0.1) is 0 Å². The molecule has 0 spiro atoms. The number of benzene rings is 2. The van der Waals surface area contributed by atoms with Crippen LogP contribution in [0.3, 0.4) is 0 Å². The molecule has 0 aliphatic carbocycles. The summed E-state index contributed by atoms with van der Waals surface area (Å²) in [6, 6.07) is 9.95. The van der Waals surface area contributed by atoms with E-state index in [0.29, 0.717) is 0 Å². The SMILES string of the molecule is COc1cc(F)c(C2CN(c3cccnc3C#N)C(=O)[C@H]2NC(=O)c2ccc(OC(F)F)cc2)c(F)c1. The van der Waals surface area contributed by atoms with Crippen LogP contribution in [-0.4, -0.2) is 43.1 Å². The van der Waals surface area contributed by atoms with E-state index < -0.39 is 47.6 Å². The first-order chi connectivity index (χ1) is 17.7. The van der Waals surface area contributed by atoms with E-state index in [9.17, 15) is 23.6 Å². The van der Waals surface area contributed by atoms with Crippen molar-refractivity contribution in [2.75, 3.05) is 18.6 Å². The summed E-state index contributed by atoms with van der Waals surface area (Å²) < 4.78 is 64.0. The summed E-state index contributed by atoms with van der Waals surface area (Å²) >= 11 is 0. The summed E-state index contributed by atoms with van der Waals surface area (Å²) in [5.74, 6) is -4.96. The molecule has 0 saturated carbocycles. The number of hydrogen-bond acceptors (Lipinski definition) is 6. The highest BCUT2D eigenvalue weighted by Crippen LogP contribution is 2.37. The molecule has 2 amide bonds. The van der Waals surface area contributed by atoms with E-state index in [0.717, 1.165) is 29.2 Å². The second-order valence-electron chi connectivity index (χ2n) is 7.90. The summed E-state index contributed by atoms with van der Waals surface area (Å²) in [6.45, 7) is -3.33. The molecule has 2 aromatic carbocycles. The van der Waals surface area contributed by atoms with Crippen molar-refractivity contribution in [3.05, 3.63) is 83.2 Å². The third kappa shape index (κ3) is 5.16. The van der Waals surface area contributed by atoms with Gasteiger partial charge in [-0.1, -0.05) is 0 Å². The van der Waals surface area contributed by atoms with Gasteiger partial charge in [0.25, 0.3) is 5.91 Å². The molecule has 12 heteroatoms. The first-order valence-corrected chi connectivity index (χ1v) is 10.8. The van der Waals surface area contributed by atoms with Crippen molar-refractivity contribution in [1.82, 2.24) is 10.3 Å². The van der Waals surface area contributed by atoms with Crippen LogP contribution in [0.4, 0.5) is 23.2 Å². The molecule has 1 fully saturated rings. The number of carbonyl (C=O) groups excluding carboxylic acids is 2. The molecule has 1 aliphatic heterocycles. The zero-order chi connectivity index (χ0) is 26.7. The number of pyridine rings is 1. The smallest absolute Gasteiger partial charge is 0.387 e. The quantitative estimate of drug-likeness (QED) is 0.482. The third-order valence-electron chi connectivity index (χ3n) is 5.78. The minimum absolute atomic E-state index is 0.0126. The Morgan fingerprint density at radius 2 is 1.84 bits per heavy atom. The molecule has 4 rings (SSSR count). The van der Waals surface area contributed by atoms with Crippen molar-refractivity contribution in [2.24, 2.45) is 0 Å². The summed E-state index contributed by atoms with van der Waals surface area (Å²) in [5.41, 5.74) is -0.446. The van der Waals surface area contributed by atoms with Crippen LogP contribution in [-0.2, 0) is 4.79 Å². The Hall–Kier alpha value is -4.66. The Morgan fingerprint density at radius 3 is 2.43 bits per heavy atom. The molecule has 190 valence electrons. The first-order valence-electron chi connectivity index (χ1n) is 10.8. The monoisotopic (exact) mass is 514 g/mol. The lowest BCUT2D eigenvalue weighted by Gasteiger charge is -2.20. The van der Waals surface area contributed by atoms with E-state index >= 15 is 8.78 Å². The summed E-state index contributed by atoms with van der Waals surface area (Å²) in [4.78, 5) is 31.4. The maximum atomic E-state index is 15.0. The number of nitrogens with zero attached hydrogens (tertiary/aromatic N) is 3. The Labute approximate surface area is 208 Å². The van der Waals surface area contributed by atoms with Gasteiger partial charge in [0.2, 0.25) is 5.91 Å². The van der Waals surface area contributed by atoms with Gasteiger partial charge in [-0.2, -0.15) is 14.0 Å². The van der Waals surface area contributed by atoms with Crippen LogP contribution < -0.4 is 19.7 Å². The number of methoxy groups -OCH3 is 1. The van der Waals surface area contributed by atoms with Crippen LogP contribution in [0.2, 0.25) is 0 Å². The average Bonchev–Trinajstić information content (AvgIpc) is 3.18. The van der Waals surface area contributed by atoms with Gasteiger partial charge >= 0.3 is 6.61 Å². The zero-order valence-electron chi connectivity index (χ0n) is 19.1. The van der Waals surface area contributed by atoms with Gasteiger partial charge in [0.1, 0.15) is 35.2 Å². The summed E-state index contributed by atoms with van der Waals surface area (Å²) in [7, 11) is 1.24. The maximum Gasteiger partial charge on any atom is 0.387 e. The molecule has 1 aromatic heterocycles. The molecular formula is C25H18F4N4O4. The number of amides is 2.